The lowest BCUT2D eigenvalue weighted by molar-refractivity contribution is -0.145. The van der Waals surface area contributed by atoms with Crippen LogP contribution in [0.15, 0.2) is 42.5 Å². The molecule has 0 aliphatic rings. The number of carbonyl (C=O) groups is 2. The van der Waals surface area contributed by atoms with Gasteiger partial charge in [-0.2, -0.15) is 0 Å². The first-order valence-electron chi connectivity index (χ1n) is 7.11. The number of Topliss-reactive ketones (excluding diaryl/α,β-unsaturated/α-hetero) is 1. The van der Waals surface area contributed by atoms with Gasteiger partial charge in [-0.25, -0.2) is 8.78 Å². The van der Waals surface area contributed by atoms with Crippen LogP contribution in [0.2, 0.25) is 0 Å². The Morgan fingerprint density at radius 1 is 1.09 bits per heavy atom. The number of esters is 1. The molecule has 0 bridgehead atoms. The molecule has 0 aliphatic carbocycles. The molecule has 1 atom stereocenters. The maximum Gasteiger partial charge on any atom is 0.311 e. The molecule has 0 saturated heterocycles. The van der Waals surface area contributed by atoms with E-state index in [1.807, 2.05) is 0 Å². The predicted molar refractivity (Wildman–Crippen MR) is 81.1 cm³/mol. The fourth-order valence-electron chi connectivity index (χ4n) is 2.17. The van der Waals surface area contributed by atoms with E-state index < -0.39 is 30.1 Å². The van der Waals surface area contributed by atoms with E-state index in [-0.39, 0.29) is 11.3 Å². The highest BCUT2D eigenvalue weighted by Gasteiger charge is 2.21. The number of benzene rings is 2. The van der Waals surface area contributed by atoms with Gasteiger partial charge in [0.2, 0.25) is 5.78 Å². The van der Waals surface area contributed by atoms with Gasteiger partial charge in [0, 0.05) is 11.1 Å². The molecule has 5 heteroatoms. The predicted octanol–water partition coefficient (Wildman–Crippen LogP) is 3.63. The fraction of sp³-hybridized carbons (Fsp3) is 0.222. The van der Waals surface area contributed by atoms with Crippen molar-refractivity contribution in [1.29, 1.82) is 0 Å². The quantitative estimate of drug-likeness (QED) is 0.624. The highest BCUT2D eigenvalue weighted by atomic mass is 19.1. The van der Waals surface area contributed by atoms with Gasteiger partial charge in [0.15, 0.2) is 6.10 Å². The van der Waals surface area contributed by atoms with Gasteiger partial charge >= 0.3 is 5.97 Å². The van der Waals surface area contributed by atoms with E-state index in [4.69, 9.17) is 4.74 Å². The Balaban J connectivity index is 2.04. The SMILES string of the molecule is Cc1cc(F)c(CC(=O)OC(C)C(=O)c2ccccc2)c(F)c1. The average molecular weight is 318 g/mol. The monoisotopic (exact) mass is 318 g/mol. The van der Waals surface area contributed by atoms with Crippen molar-refractivity contribution < 1.29 is 23.1 Å². The van der Waals surface area contributed by atoms with Crippen LogP contribution in [0.1, 0.15) is 28.4 Å². The second-order valence-electron chi connectivity index (χ2n) is 5.25. The van der Waals surface area contributed by atoms with Crippen LogP contribution in [0.25, 0.3) is 0 Å². The van der Waals surface area contributed by atoms with Gasteiger partial charge < -0.3 is 4.74 Å². The Bertz CT molecular complexity index is 703. The highest BCUT2D eigenvalue weighted by Crippen LogP contribution is 2.17. The van der Waals surface area contributed by atoms with Gasteiger partial charge in [-0.15, -0.1) is 0 Å². The fourth-order valence-corrected chi connectivity index (χ4v) is 2.17. The van der Waals surface area contributed by atoms with Crippen LogP contribution >= 0.6 is 0 Å². The molecular formula is C18H16F2O3. The van der Waals surface area contributed by atoms with Crippen molar-refractivity contribution in [2.45, 2.75) is 26.4 Å². The van der Waals surface area contributed by atoms with E-state index in [1.165, 1.54) is 6.92 Å². The van der Waals surface area contributed by atoms with E-state index in [0.717, 1.165) is 12.1 Å². The van der Waals surface area contributed by atoms with Gasteiger partial charge in [0.25, 0.3) is 0 Å². The maximum atomic E-state index is 13.7. The Kier molecular flexibility index (Phi) is 5.21. The van der Waals surface area contributed by atoms with Crippen LogP contribution in [0.4, 0.5) is 8.78 Å². The zero-order chi connectivity index (χ0) is 17.0. The molecule has 23 heavy (non-hydrogen) atoms. The average Bonchev–Trinajstić information content (AvgIpc) is 2.51. The minimum Gasteiger partial charge on any atom is -0.454 e. The molecule has 0 saturated carbocycles. The van der Waals surface area contributed by atoms with Crippen LogP contribution in [-0.4, -0.2) is 17.9 Å². The highest BCUT2D eigenvalue weighted by molar-refractivity contribution is 6.00. The molecular weight excluding hydrogens is 302 g/mol. The van der Waals surface area contributed by atoms with Gasteiger partial charge in [0.1, 0.15) is 11.6 Å². The number of ether oxygens (including phenoxy) is 1. The van der Waals surface area contributed by atoms with Crippen molar-refractivity contribution in [2.75, 3.05) is 0 Å². The summed E-state index contributed by atoms with van der Waals surface area (Å²) < 4.78 is 32.4. The summed E-state index contributed by atoms with van der Waals surface area (Å²) in [5.41, 5.74) is 0.463. The molecule has 120 valence electrons. The smallest absolute Gasteiger partial charge is 0.311 e. The molecule has 1 unspecified atom stereocenters. The van der Waals surface area contributed by atoms with E-state index in [9.17, 15) is 18.4 Å². The summed E-state index contributed by atoms with van der Waals surface area (Å²) in [7, 11) is 0. The Labute approximate surface area is 132 Å². The van der Waals surface area contributed by atoms with Crippen LogP contribution in [-0.2, 0) is 16.0 Å². The lowest BCUT2D eigenvalue weighted by atomic mass is 10.1. The first-order valence-corrected chi connectivity index (χ1v) is 7.11. The molecule has 2 aromatic rings. The van der Waals surface area contributed by atoms with Gasteiger partial charge in [0.05, 0.1) is 6.42 Å². The minimum absolute atomic E-state index is 0.361. The third-order valence-electron chi connectivity index (χ3n) is 3.34. The lowest BCUT2D eigenvalue weighted by Gasteiger charge is -2.13. The molecule has 3 nitrogen and oxygen atoms in total. The van der Waals surface area contributed by atoms with E-state index >= 15 is 0 Å². The van der Waals surface area contributed by atoms with Gasteiger partial charge in [-0.3, -0.25) is 9.59 Å². The summed E-state index contributed by atoms with van der Waals surface area (Å²) in [4.78, 5) is 23.9. The first kappa shape index (κ1) is 16.8. The van der Waals surface area contributed by atoms with Crippen molar-refractivity contribution in [3.8, 4) is 0 Å². The lowest BCUT2D eigenvalue weighted by Crippen LogP contribution is -2.25. The number of aryl methyl sites for hydroxylation is 1. The molecule has 0 N–H and O–H groups in total. The minimum atomic E-state index is -1.03. The Morgan fingerprint density at radius 2 is 1.65 bits per heavy atom. The standard InChI is InChI=1S/C18H16F2O3/c1-11-8-15(19)14(16(20)9-11)10-17(21)23-12(2)18(22)13-6-4-3-5-7-13/h3-9,12H,10H2,1-2H3. The molecule has 0 fully saturated rings. The Morgan fingerprint density at radius 3 is 2.22 bits per heavy atom. The van der Waals surface area contributed by atoms with Crippen LogP contribution in [0.3, 0.4) is 0 Å². The number of rotatable bonds is 5. The number of halogens is 2. The van der Waals surface area contributed by atoms with E-state index in [1.54, 1.807) is 37.3 Å². The van der Waals surface area contributed by atoms with E-state index in [2.05, 4.69) is 0 Å². The molecule has 0 amide bonds. The number of hydrogen-bond acceptors (Lipinski definition) is 3. The first-order chi connectivity index (χ1) is 10.9. The second kappa shape index (κ2) is 7.13. The van der Waals surface area contributed by atoms with Crippen molar-refractivity contribution in [1.82, 2.24) is 0 Å². The molecule has 0 radical (unpaired) electrons. The largest absolute Gasteiger partial charge is 0.454 e. The number of hydrogen-bond donors (Lipinski definition) is 0. The third-order valence-corrected chi connectivity index (χ3v) is 3.34. The van der Waals surface area contributed by atoms with Crippen molar-refractivity contribution in [2.24, 2.45) is 0 Å². The van der Waals surface area contributed by atoms with E-state index in [0.29, 0.717) is 11.1 Å². The number of carbonyl (C=O) groups excluding carboxylic acids is 2. The summed E-state index contributed by atoms with van der Waals surface area (Å²) >= 11 is 0. The third kappa shape index (κ3) is 4.22. The van der Waals surface area contributed by atoms with Crippen LogP contribution < -0.4 is 0 Å². The van der Waals surface area contributed by atoms with Crippen molar-refractivity contribution >= 4 is 11.8 Å². The summed E-state index contributed by atoms with van der Waals surface area (Å²) in [6.45, 7) is 2.98. The van der Waals surface area contributed by atoms with Gasteiger partial charge in [-0.05, 0) is 31.5 Å². The Hall–Kier alpha value is -2.56. The van der Waals surface area contributed by atoms with Gasteiger partial charge in [-0.1, -0.05) is 30.3 Å². The summed E-state index contributed by atoms with van der Waals surface area (Å²) in [6, 6.07) is 10.6. The molecule has 0 heterocycles. The zero-order valence-electron chi connectivity index (χ0n) is 12.8. The zero-order valence-corrected chi connectivity index (χ0v) is 12.8. The molecule has 2 rings (SSSR count). The molecule has 0 aromatic heterocycles. The molecule has 0 spiro atoms. The van der Waals surface area contributed by atoms with Crippen LogP contribution in [0, 0.1) is 18.6 Å². The summed E-state index contributed by atoms with van der Waals surface area (Å²) in [5.74, 6) is -2.84. The maximum absolute atomic E-state index is 13.7. The van der Waals surface area contributed by atoms with Crippen molar-refractivity contribution in [3.05, 3.63) is 70.8 Å². The second-order valence-corrected chi connectivity index (χ2v) is 5.25. The molecule has 0 aliphatic heterocycles. The normalized spacial score (nSPS) is 11.8. The summed E-state index contributed by atoms with van der Waals surface area (Å²) in [5, 5.41) is 0. The number of ketones is 1. The van der Waals surface area contributed by atoms with Crippen LogP contribution in [0.5, 0.6) is 0 Å². The summed E-state index contributed by atoms with van der Waals surface area (Å²) in [6.07, 6.45) is -1.59. The topological polar surface area (TPSA) is 43.4 Å². The molecule has 2 aromatic carbocycles. The van der Waals surface area contributed by atoms with Crippen molar-refractivity contribution in [3.63, 3.8) is 0 Å².